The molecule has 0 unspecified atom stereocenters. The van der Waals surface area contributed by atoms with E-state index in [1.807, 2.05) is 38.1 Å². The van der Waals surface area contributed by atoms with Crippen molar-refractivity contribution >= 4 is 18.1 Å². The molecule has 162 valence electrons. The molecular weight excluding hydrogens is 380 g/mol. The molecule has 0 aliphatic rings. The lowest BCUT2D eigenvalue weighted by atomic mass is 10.0. The highest BCUT2D eigenvalue weighted by Crippen LogP contribution is 2.37. The first kappa shape index (κ1) is 23.3. The third-order valence-electron chi connectivity index (χ3n) is 4.63. The minimum atomic E-state index is -0.724. The third kappa shape index (κ3) is 7.47. The number of methoxy groups -OCH3 is 1. The Morgan fingerprint density at radius 2 is 1.80 bits per heavy atom. The summed E-state index contributed by atoms with van der Waals surface area (Å²) < 4.78 is 17.0. The Kier molecular flexibility index (Phi) is 9.78. The average Bonchev–Trinajstić information content (AvgIpc) is 2.72. The molecule has 0 bridgehead atoms. The highest BCUT2D eigenvalue weighted by Gasteiger charge is 2.12. The summed E-state index contributed by atoms with van der Waals surface area (Å²) in [5.74, 6) is 1.38. The molecule has 5 heteroatoms. The monoisotopic (exact) mass is 412 g/mol. The van der Waals surface area contributed by atoms with Gasteiger partial charge in [-0.25, -0.2) is 0 Å². The van der Waals surface area contributed by atoms with Crippen LogP contribution in [-0.2, 0) is 11.2 Å². The molecule has 30 heavy (non-hydrogen) atoms. The van der Waals surface area contributed by atoms with Crippen LogP contribution < -0.4 is 14.2 Å². The number of ether oxygens (including phenoxy) is 3. The molecule has 0 aliphatic heterocycles. The Labute approximate surface area is 179 Å². The van der Waals surface area contributed by atoms with E-state index in [4.69, 9.17) is 19.3 Å². The van der Waals surface area contributed by atoms with Gasteiger partial charge < -0.3 is 19.3 Å². The lowest BCUT2D eigenvalue weighted by molar-refractivity contribution is -0.137. The van der Waals surface area contributed by atoms with Crippen molar-refractivity contribution in [1.29, 1.82) is 0 Å². The van der Waals surface area contributed by atoms with Gasteiger partial charge in [-0.15, -0.1) is 0 Å². The molecular formula is C25H32O5. The van der Waals surface area contributed by atoms with Crippen LogP contribution in [0.15, 0.2) is 36.4 Å². The normalized spacial score (nSPS) is 10.9. The van der Waals surface area contributed by atoms with Gasteiger partial charge in [-0.1, -0.05) is 42.8 Å². The van der Waals surface area contributed by atoms with Gasteiger partial charge in [-0.2, -0.15) is 0 Å². The van der Waals surface area contributed by atoms with Crippen LogP contribution in [-0.4, -0.2) is 31.4 Å². The molecule has 0 heterocycles. The van der Waals surface area contributed by atoms with E-state index in [-0.39, 0.29) is 6.42 Å². The van der Waals surface area contributed by atoms with Crippen molar-refractivity contribution in [3.05, 3.63) is 53.1 Å². The quantitative estimate of drug-likeness (QED) is 0.330. The lowest BCUT2D eigenvalue weighted by Crippen LogP contribution is -1.99. The summed E-state index contributed by atoms with van der Waals surface area (Å²) in [5.41, 5.74) is 3.24. The Bertz CT molecular complexity index is 841. The van der Waals surface area contributed by atoms with Gasteiger partial charge in [0.2, 0.25) is 0 Å². The fourth-order valence-corrected chi connectivity index (χ4v) is 3.27. The van der Waals surface area contributed by atoms with Gasteiger partial charge in [-0.3, -0.25) is 4.79 Å². The molecule has 0 saturated heterocycles. The van der Waals surface area contributed by atoms with Crippen molar-refractivity contribution in [3.63, 3.8) is 0 Å². The zero-order valence-electron chi connectivity index (χ0n) is 18.1. The first-order valence-electron chi connectivity index (χ1n) is 10.5. The molecule has 0 spiro atoms. The second-order valence-corrected chi connectivity index (χ2v) is 6.94. The molecule has 1 N–H and O–H groups in total. The minimum Gasteiger partial charge on any atom is -0.494 e. The number of unbranched alkanes of at least 4 members (excludes halogenated alkanes) is 2. The van der Waals surface area contributed by atoms with Gasteiger partial charge in [0.05, 0.1) is 20.3 Å². The highest BCUT2D eigenvalue weighted by molar-refractivity contribution is 5.75. The minimum absolute atomic E-state index is 0.245. The Morgan fingerprint density at radius 3 is 2.50 bits per heavy atom. The van der Waals surface area contributed by atoms with Crippen molar-refractivity contribution < 1.29 is 24.1 Å². The molecule has 0 fully saturated rings. The van der Waals surface area contributed by atoms with Gasteiger partial charge >= 0.3 is 5.97 Å². The van der Waals surface area contributed by atoms with Crippen LogP contribution in [0.4, 0.5) is 0 Å². The highest BCUT2D eigenvalue weighted by atomic mass is 16.5. The van der Waals surface area contributed by atoms with Crippen molar-refractivity contribution in [1.82, 2.24) is 0 Å². The number of rotatable bonds is 13. The number of hydrogen-bond acceptors (Lipinski definition) is 4. The van der Waals surface area contributed by atoms with E-state index >= 15 is 0 Å². The number of carbonyl (C=O) groups is 1. The molecule has 0 amide bonds. The smallest absolute Gasteiger partial charge is 0.303 e. The van der Waals surface area contributed by atoms with E-state index in [1.165, 1.54) is 5.56 Å². The SMILES string of the molecule is CCOc1cc(C=Cc2cccc(CCCCCC(=O)O)c2)c(OC)c(OCC)c1. The zero-order chi connectivity index (χ0) is 21.8. The van der Waals surface area contributed by atoms with E-state index in [2.05, 4.69) is 24.3 Å². The maximum atomic E-state index is 10.6. The molecule has 2 aromatic rings. The van der Waals surface area contributed by atoms with Crippen molar-refractivity contribution in [3.8, 4) is 17.2 Å². The number of carboxylic acid groups (broad SMARTS) is 1. The Morgan fingerprint density at radius 1 is 1.00 bits per heavy atom. The summed E-state index contributed by atoms with van der Waals surface area (Å²) >= 11 is 0. The molecule has 5 nitrogen and oxygen atoms in total. The summed E-state index contributed by atoms with van der Waals surface area (Å²) in [6.07, 6.45) is 7.89. The molecule has 0 saturated carbocycles. The molecule has 2 aromatic carbocycles. The molecule has 0 radical (unpaired) electrons. The van der Waals surface area contributed by atoms with Crippen LogP contribution >= 0.6 is 0 Å². The van der Waals surface area contributed by atoms with Gasteiger partial charge in [0, 0.05) is 18.1 Å². The lowest BCUT2D eigenvalue weighted by Gasteiger charge is -2.14. The third-order valence-corrected chi connectivity index (χ3v) is 4.63. The predicted octanol–water partition coefficient (Wildman–Crippen LogP) is 5.85. The molecule has 0 aromatic heterocycles. The fraction of sp³-hybridized carbons (Fsp3) is 0.400. The summed E-state index contributed by atoms with van der Waals surface area (Å²) in [4.78, 5) is 10.6. The largest absolute Gasteiger partial charge is 0.494 e. The molecule has 2 rings (SSSR count). The van der Waals surface area contributed by atoms with Crippen molar-refractivity contribution in [2.75, 3.05) is 20.3 Å². The predicted molar refractivity (Wildman–Crippen MR) is 121 cm³/mol. The summed E-state index contributed by atoms with van der Waals surface area (Å²) in [6, 6.07) is 12.2. The zero-order valence-corrected chi connectivity index (χ0v) is 18.1. The van der Waals surface area contributed by atoms with Crippen LogP contribution in [0.1, 0.15) is 56.2 Å². The van der Waals surface area contributed by atoms with Crippen LogP contribution in [0.3, 0.4) is 0 Å². The number of aryl methyl sites for hydroxylation is 1. The van der Waals surface area contributed by atoms with Crippen LogP contribution in [0, 0.1) is 0 Å². The van der Waals surface area contributed by atoms with E-state index in [1.54, 1.807) is 7.11 Å². The standard InChI is InChI=1S/C25H32O5/c1-4-29-22-17-21(25(28-3)23(18-22)30-5-2)15-14-20-12-9-11-19(16-20)10-7-6-8-13-24(26)27/h9,11-12,14-18H,4-8,10,13H2,1-3H3,(H,26,27). The first-order valence-corrected chi connectivity index (χ1v) is 10.5. The topological polar surface area (TPSA) is 65.0 Å². The van der Waals surface area contributed by atoms with Gasteiger partial charge in [0.25, 0.3) is 0 Å². The van der Waals surface area contributed by atoms with Gasteiger partial charge in [-0.05, 0) is 50.3 Å². The van der Waals surface area contributed by atoms with E-state index in [9.17, 15) is 4.79 Å². The second-order valence-electron chi connectivity index (χ2n) is 6.94. The van der Waals surface area contributed by atoms with E-state index in [0.717, 1.165) is 42.6 Å². The number of benzene rings is 2. The fourth-order valence-electron chi connectivity index (χ4n) is 3.27. The first-order chi connectivity index (χ1) is 14.6. The number of carboxylic acids is 1. The van der Waals surface area contributed by atoms with Crippen molar-refractivity contribution in [2.45, 2.75) is 46.0 Å². The average molecular weight is 413 g/mol. The summed E-state index contributed by atoms with van der Waals surface area (Å²) in [5, 5.41) is 8.72. The number of hydrogen-bond donors (Lipinski definition) is 1. The maximum Gasteiger partial charge on any atom is 0.303 e. The second kappa shape index (κ2) is 12.6. The van der Waals surface area contributed by atoms with Gasteiger partial charge in [0.1, 0.15) is 5.75 Å². The van der Waals surface area contributed by atoms with Crippen LogP contribution in [0.5, 0.6) is 17.2 Å². The van der Waals surface area contributed by atoms with E-state index in [0.29, 0.717) is 24.7 Å². The Balaban J connectivity index is 2.13. The number of aliphatic carboxylic acids is 1. The van der Waals surface area contributed by atoms with Crippen LogP contribution in [0.25, 0.3) is 12.2 Å². The van der Waals surface area contributed by atoms with Crippen LogP contribution in [0.2, 0.25) is 0 Å². The molecule has 0 atom stereocenters. The van der Waals surface area contributed by atoms with Gasteiger partial charge in [0.15, 0.2) is 11.5 Å². The van der Waals surface area contributed by atoms with E-state index < -0.39 is 5.97 Å². The molecule has 0 aliphatic carbocycles. The summed E-state index contributed by atoms with van der Waals surface area (Å²) in [6.45, 7) is 5.02. The Hall–Kier alpha value is -2.95. The van der Waals surface area contributed by atoms with Crippen molar-refractivity contribution in [2.24, 2.45) is 0 Å². The summed E-state index contributed by atoms with van der Waals surface area (Å²) in [7, 11) is 1.64. The maximum absolute atomic E-state index is 10.6.